The van der Waals surface area contributed by atoms with Gasteiger partial charge in [-0.1, -0.05) is 76.6 Å². The number of hydrogen-bond donors (Lipinski definition) is 1. The number of hydrogen-bond acceptors (Lipinski definition) is 2. The summed E-state index contributed by atoms with van der Waals surface area (Å²) in [5, 5.41) is 3.15. The van der Waals surface area contributed by atoms with Crippen molar-refractivity contribution in [3.05, 3.63) is 65.2 Å². The van der Waals surface area contributed by atoms with Crippen LogP contribution in [-0.2, 0) is 10.2 Å². The molecule has 0 radical (unpaired) electrons. The molecule has 2 aromatic carbocycles. The number of amides is 1. The summed E-state index contributed by atoms with van der Waals surface area (Å²) >= 11 is 0. The first kappa shape index (κ1) is 21.0. The molecule has 0 heterocycles. The van der Waals surface area contributed by atoms with Crippen LogP contribution in [0.2, 0.25) is 0 Å². The van der Waals surface area contributed by atoms with E-state index >= 15 is 0 Å². The summed E-state index contributed by atoms with van der Waals surface area (Å²) in [4.78, 5) is 12.8. The Morgan fingerprint density at radius 2 is 1.56 bits per heavy atom. The van der Waals surface area contributed by atoms with Gasteiger partial charge < -0.3 is 10.1 Å². The summed E-state index contributed by atoms with van der Waals surface area (Å²) in [6.07, 6.45) is 0.966. The van der Waals surface area contributed by atoms with E-state index in [-0.39, 0.29) is 17.4 Å². The lowest BCUT2D eigenvalue weighted by molar-refractivity contribution is -0.128. The molecular formula is C24H33NO2. The smallest absolute Gasteiger partial charge is 0.261 e. The zero-order valence-corrected chi connectivity index (χ0v) is 17.5. The number of ether oxygens (including phenoxy) is 1. The van der Waals surface area contributed by atoms with Gasteiger partial charge in [0.1, 0.15) is 5.75 Å². The Morgan fingerprint density at radius 3 is 2.04 bits per heavy atom. The maximum absolute atomic E-state index is 12.8. The second kappa shape index (κ2) is 9.07. The van der Waals surface area contributed by atoms with Crippen LogP contribution in [0.3, 0.4) is 0 Å². The molecule has 1 N–H and O–H groups in total. The molecule has 2 aromatic rings. The summed E-state index contributed by atoms with van der Waals surface area (Å²) in [6, 6.07) is 16.4. The highest BCUT2D eigenvalue weighted by molar-refractivity contribution is 5.81. The average Bonchev–Trinajstić information content (AvgIpc) is 2.64. The Labute approximate surface area is 164 Å². The monoisotopic (exact) mass is 367 g/mol. The first-order chi connectivity index (χ1) is 12.7. The molecule has 2 rings (SSSR count). The first-order valence-electron chi connectivity index (χ1n) is 9.88. The van der Waals surface area contributed by atoms with Crippen molar-refractivity contribution < 1.29 is 9.53 Å². The van der Waals surface area contributed by atoms with E-state index in [1.54, 1.807) is 0 Å². The van der Waals surface area contributed by atoms with Crippen LogP contribution in [0.25, 0.3) is 0 Å². The Bertz CT molecular complexity index is 726. The fourth-order valence-electron chi connectivity index (χ4n) is 3.00. The van der Waals surface area contributed by atoms with Gasteiger partial charge >= 0.3 is 0 Å². The molecule has 0 bridgehead atoms. The van der Waals surface area contributed by atoms with Gasteiger partial charge in [0.2, 0.25) is 0 Å². The lowest BCUT2D eigenvalue weighted by Crippen LogP contribution is -2.39. The molecule has 3 heteroatoms. The van der Waals surface area contributed by atoms with Crippen LogP contribution in [0.15, 0.2) is 48.5 Å². The molecule has 146 valence electrons. The number of rotatable bonds is 7. The average molecular weight is 368 g/mol. The predicted octanol–water partition coefficient (Wildman–Crippen LogP) is 5.72. The van der Waals surface area contributed by atoms with E-state index < -0.39 is 6.10 Å². The van der Waals surface area contributed by atoms with Crippen molar-refractivity contribution in [2.24, 2.45) is 0 Å². The predicted molar refractivity (Wildman–Crippen MR) is 112 cm³/mol. The number of carbonyl (C=O) groups is 1. The van der Waals surface area contributed by atoms with Crippen molar-refractivity contribution in [3.63, 3.8) is 0 Å². The largest absolute Gasteiger partial charge is 0.481 e. The normalized spacial score (nSPS) is 13.7. The molecule has 3 nitrogen and oxygen atoms in total. The molecular weight excluding hydrogens is 334 g/mol. The van der Waals surface area contributed by atoms with E-state index in [1.807, 2.05) is 19.1 Å². The Balaban J connectivity index is 2.05. The third kappa shape index (κ3) is 5.85. The second-order valence-corrected chi connectivity index (χ2v) is 8.17. The van der Waals surface area contributed by atoms with Gasteiger partial charge in [0.25, 0.3) is 5.91 Å². The molecule has 0 saturated heterocycles. The van der Waals surface area contributed by atoms with E-state index in [0.717, 1.165) is 17.7 Å². The van der Waals surface area contributed by atoms with Gasteiger partial charge in [-0.3, -0.25) is 4.79 Å². The van der Waals surface area contributed by atoms with Crippen molar-refractivity contribution >= 4 is 5.91 Å². The summed E-state index contributed by atoms with van der Waals surface area (Å²) in [6.45, 7) is 12.7. The second-order valence-electron chi connectivity index (χ2n) is 8.17. The highest BCUT2D eigenvalue weighted by Gasteiger charge is 2.22. The van der Waals surface area contributed by atoms with Crippen LogP contribution in [-0.4, -0.2) is 12.0 Å². The van der Waals surface area contributed by atoms with E-state index in [9.17, 15) is 4.79 Å². The molecule has 1 amide bonds. The van der Waals surface area contributed by atoms with Gasteiger partial charge in [0, 0.05) is 0 Å². The van der Waals surface area contributed by atoms with Crippen molar-refractivity contribution in [1.29, 1.82) is 0 Å². The molecule has 0 saturated carbocycles. The van der Waals surface area contributed by atoms with Gasteiger partial charge in [-0.05, 0) is 48.4 Å². The maximum Gasteiger partial charge on any atom is 0.261 e. The summed E-state index contributed by atoms with van der Waals surface area (Å²) in [5.74, 6) is 0.665. The molecule has 0 spiro atoms. The molecule has 0 aliphatic carbocycles. The number of carbonyl (C=O) groups excluding carboxylic acids is 1. The van der Waals surface area contributed by atoms with Gasteiger partial charge in [-0.25, -0.2) is 0 Å². The lowest BCUT2D eigenvalue weighted by atomic mass is 9.87. The van der Waals surface area contributed by atoms with E-state index in [1.165, 1.54) is 11.1 Å². The first-order valence-corrected chi connectivity index (χ1v) is 9.88. The third-order valence-corrected chi connectivity index (χ3v) is 4.87. The Kier molecular flexibility index (Phi) is 7.06. The zero-order chi connectivity index (χ0) is 20.0. The van der Waals surface area contributed by atoms with Crippen LogP contribution in [0.5, 0.6) is 5.75 Å². The molecule has 27 heavy (non-hydrogen) atoms. The summed E-state index contributed by atoms with van der Waals surface area (Å²) in [5.41, 5.74) is 3.69. The topological polar surface area (TPSA) is 38.3 Å². The lowest BCUT2D eigenvalue weighted by Gasteiger charge is -2.23. The van der Waals surface area contributed by atoms with Gasteiger partial charge in [0.05, 0.1) is 6.04 Å². The minimum Gasteiger partial charge on any atom is -0.481 e. The standard InChI is InChI=1S/C24H33NO2/c1-7-21(18-11-9-17(3)10-12-18)25-23(26)22(8-2)27-20-15-13-19(14-16-20)24(4,5)6/h9-16,21-22H,7-8H2,1-6H3,(H,25,26)/t21-,22+/m1/s1. The number of aryl methyl sites for hydroxylation is 1. The fraction of sp³-hybridized carbons (Fsp3) is 0.458. The van der Waals surface area contributed by atoms with E-state index in [0.29, 0.717) is 6.42 Å². The Morgan fingerprint density at radius 1 is 0.963 bits per heavy atom. The minimum atomic E-state index is -0.495. The third-order valence-electron chi connectivity index (χ3n) is 4.87. The molecule has 0 aliphatic rings. The van der Waals surface area contributed by atoms with Crippen LogP contribution in [0.1, 0.15) is 70.2 Å². The van der Waals surface area contributed by atoms with Crippen LogP contribution in [0.4, 0.5) is 0 Å². The highest BCUT2D eigenvalue weighted by atomic mass is 16.5. The van der Waals surface area contributed by atoms with Gasteiger partial charge in [0.15, 0.2) is 6.10 Å². The SMILES string of the molecule is CC[C@H](Oc1ccc(C(C)(C)C)cc1)C(=O)N[C@H](CC)c1ccc(C)cc1. The number of nitrogens with one attached hydrogen (secondary N) is 1. The molecule has 2 atom stereocenters. The van der Waals surface area contributed by atoms with Gasteiger partial charge in [-0.15, -0.1) is 0 Å². The van der Waals surface area contributed by atoms with Gasteiger partial charge in [-0.2, -0.15) is 0 Å². The van der Waals surface area contributed by atoms with Crippen molar-refractivity contribution in [3.8, 4) is 5.75 Å². The number of benzene rings is 2. The van der Waals surface area contributed by atoms with Crippen molar-refractivity contribution in [2.75, 3.05) is 0 Å². The Hall–Kier alpha value is -2.29. The fourth-order valence-corrected chi connectivity index (χ4v) is 3.00. The minimum absolute atomic E-state index is 0.000911. The van der Waals surface area contributed by atoms with Crippen LogP contribution >= 0.6 is 0 Å². The van der Waals surface area contributed by atoms with Crippen molar-refractivity contribution in [1.82, 2.24) is 5.32 Å². The summed E-state index contributed by atoms with van der Waals surface area (Å²) < 4.78 is 5.98. The van der Waals surface area contributed by atoms with E-state index in [4.69, 9.17) is 4.74 Å². The molecule has 0 aliphatic heterocycles. The maximum atomic E-state index is 12.8. The molecule has 0 aromatic heterocycles. The highest BCUT2D eigenvalue weighted by Crippen LogP contribution is 2.25. The molecule has 0 fully saturated rings. The quantitative estimate of drug-likeness (QED) is 0.680. The van der Waals surface area contributed by atoms with E-state index in [2.05, 4.69) is 76.3 Å². The van der Waals surface area contributed by atoms with Crippen LogP contribution in [0, 0.1) is 6.92 Å². The zero-order valence-electron chi connectivity index (χ0n) is 17.5. The summed E-state index contributed by atoms with van der Waals surface area (Å²) in [7, 11) is 0. The van der Waals surface area contributed by atoms with Crippen LogP contribution < -0.4 is 10.1 Å². The van der Waals surface area contributed by atoms with Crippen molar-refractivity contribution in [2.45, 2.75) is 71.9 Å². The molecule has 0 unspecified atom stereocenters.